The number of furan rings is 1. The van der Waals surface area contributed by atoms with E-state index in [0.717, 1.165) is 18.2 Å². The van der Waals surface area contributed by atoms with Crippen LogP contribution in [0.2, 0.25) is 0 Å². The average Bonchev–Trinajstić information content (AvgIpc) is 3.32. The van der Waals surface area contributed by atoms with Crippen molar-refractivity contribution in [3.05, 3.63) is 59.6 Å². The van der Waals surface area contributed by atoms with Gasteiger partial charge in [-0.1, -0.05) is 0 Å². The van der Waals surface area contributed by atoms with Crippen molar-refractivity contribution in [2.45, 2.75) is 18.9 Å². The van der Waals surface area contributed by atoms with Crippen molar-refractivity contribution in [1.82, 2.24) is 4.90 Å². The number of nitrogens with zero attached hydrogens (tertiary/aromatic N) is 1. The van der Waals surface area contributed by atoms with E-state index in [1.807, 2.05) is 0 Å². The zero-order valence-corrected chi connectivity index (χ0v) is 13.6. The summed E-state index contributed by atoms with van der Waals surface area (Å²) in [6.45, 7) is -0.385. The van der Waals surface area contributed by atoms with Gasteiger partial charge in [0.05, 0.1) is 11.8 Å². The second kappa shape index (κ2) is 7.47. The molecule has 6 nitrogen and oxygen atoms in total. The molecule has 0 aliphatic carbocycles. The molecule has 0 N–H and O–H groups in total. The van der Waals surface area contributed by atoms with E-state index in [4.69, 9.17) is 9.15 Å². The maximum absolute atomic E-state index is 13.6. The fourth-order valence-electron chi connectivity index (χ4n) is 2.82. The van der Waals surface area contributed by atoms with E-state index in [-0.39, 0.29) is 5.76 Å². The number of esters is 1. The number of carbonyl (C=O) groups excluding carboxylic acids is 3. The minimum absolute atomic E-state index is 0.0996. The van der Waals surface area contributed by atoms with Crippen LogP contribution in [0.3, 0.4) is 0 Å². The monoisotopic (exact) mass is 363 g/mol. The summed E-state index contributed by atoms with van der Waals surface area (Å²) < 4.78 is 36.7. The number of amides is 1. The van der Waals surface area contributed by atoms with Gasteiger partial charge in [-0.3, -0.25) is 9.59 Å². The Hall–Kier alpha value is -3.03. The van der Waals surface area contributed by atoms with Crippen molar-refractivity contribution in [2.75, 3.05) is 13.2 Å². The van der Waals surface area contributed by atoms with Gasteiger partial charge in [-0.15, -0.1) is 0 Å². The van der Waals surface area contributed by atoms with Crippen molar-refractivity contribution >= 4 is 17.7 Å². The first-order chi connectivity index (χ1) is 12.5. The number of likely N-dealkylation sites (tertiary alicyclic amines) is 1. The maximum atomic E-state index is 13.6. The van der Waals surface area contributed by atoms with Gasteiger partial charge >= 0.3 is 5.97 Å². The minimum Gasteiger partial charge on any atom is -0.459 e. The molecule has 2 aromatic rings. The number of Topliss-reactive ketones (excluding diaryl/α,β-unsaturated/α-hetero) is 1. The van der Waals surface area contributed by atoms with Gasteiger partial charge in [0.15, 0.2) is 12.4 Å². The lowest BCUT2D eigenvalue weighted by Crippen LogP contribution is -2.41. The number of benzene rings is 1. The number of ketones is 1. The smallest absolute Gasteiger partial charge is 0.329 e. The predicted molar refractivity (Wildman–Crippen MR) is 84.4 cm³/mol. The molecule has 0 saturated carbocycles. The van der Waals surface area contributed by atoms with Crippen LogP contribution in [0.1, 0.15) is 33.8 Å². The van der Waals surface area contributed by atoms with Gasteiger partial charge in [0, 0.05) is 6.54 Å². The van der Waals surface area contributed by atoms with Crippen molar-refractivity contribution < 1.29 is 32.3 Å². The Kier molecular flexibility index (Phi) is 5.11. The normalized spacial score (nSPS) is 16.5. The van der Waals surface area contributed by atoms with E-state index in [1.165, 1.54) is 17.2 Å². The van der Waals surface area contributed by atoms with Gasteiger partial charge in [0.2, 0.25) is 5.78 Å². The maximum Gasteiger partial charge on any atom is 0.329 e. The summed E-state index contributed by atoms with van der Waals surface area (Å²) in [5.41, 5.74) is -0.493. The second-order valence-electron chi connectivity index (χ2n) is 5.79. The summed E-state index contributed by atoms with van der Waals surface area (Å²) >= 11 is 0. The van der Waals surface area contributed by atoms with Gasteiger partial charge in [0.1, 0.15) is 17.7 Å². The van der Waals surface area contributed by atoms with Gasteiger partial charge in [0.25, 0.3) is 5.91 Å². The van der Waals surface area contributed by atoms with Crippen molar-refractivity contribution in [1.29, 1.82) is 0 Å². The van der Waals surface area contributed by atoms with Crippen molar-refractivity contribution in [3.63, 3.8) is 0 Å². The Morgan fingerprint density at radius 1 is 1.23 bits per heavy atom. The van der Waals surface area contributed by atoms with Crippen LogP contribution in [0.4, 0.5) is 8.78 Å². The SMILES string of the molecule is O=C(COC(=O)[C@@H]1CCCN1C(=O)c1ccco1)c1cc(F)ccc1F. The van der Waals surface area contributed by atoms with Gasteiger partial charge in [-0.25, -0.2) is 13.6 Å². The largest absolute Gasteiger partial charge is 0.459 e. The first-order valence-corrected chi connectivity index (χ1v) is 7.96. The number of hydrogen-bond donors (Lipinski definition) is 0. The molecule has 8 heteroatoms. The second-order valence-corrected chi connectivity index (χ2v) is 5.79. The fraction of sp³-hybridized carbons (Fsp3) is 0.278. The molecule has 1 aromatic carbocycles. The number of rotatable bonds is 5. The van der Waals surface area contributed by atoms with E-state index in [2.05, 4.69) is 0 Å². The molecule has 136 valence electrons. The predicted octanol–water partition coefficient (Wildman–Crippen LogP) is 2.59. The third kappa shape index (κ3) is 3.63. The third-order valence-corrected chi connectivity index (χ3v) is 4.09. The van der Waals surface area contributed by atoms with Crippen LogP contribution in [0, 0.1) is 11.6 Å². The topological polar surface area (TPSA) is 76.8 Å². The number of ether oxygens (including phenoxy) is 1. The minimum atomic E-state index is -0.900. The molecular weight excluding hydrogens is 348 g/mol. The average molecular weight is 363 g/mol. The van der Waals surface area contributed by atoms with E-state index in [9.17, 15) is 23.2 Å². The highest BCUT2D eigenvalue weighted by molar-refractivity contribution is 5.99. The molecule has 1 amide bonds. The Morgan fingerprint density at radius 2 is 2.04 bits per heavy atom. The van der Waals surface area contributed by atoms with Crippen LogP contribution in [0.25, 0.3) is 0 Å². The highest BCUT2D eigenvalue weighted by atomic mass is 19.1. The zero-order chi connectivity index (χ0) is 18.7. The molecule has 0 unspecified atom stereocenters. The lowest BCUT2D eigenvalue weighted by Gasteiger charge is -2.22. The third-order valence-electron chi connectivity index (χ3n) is 4.09. The molecule has 1 aliphatic heterocycles. The summed E-state index contributed by atoms with van der Waals surface area (Å²) in [7, 11) is 0. The van der Waals surface area contributed by atoms with Crippen molar-refractivity contribution in [2.24, 2.45) is 0 Å². The Labute approximate surface area is 147 Å². The van der Waals surface area contributed by atoms with E-state index in [1.54, 1.807) is 6.07 Å². The van der Waals surface area contributed by atoms with Crippen LogP contribution in [-0.2, 0) is 9.53 Å². The molecule has 3 rings (SSSR count). The Balaban J connectivity index is 1.63. The molecule has 1 aliphatic rings. The molecule has 1 saturated heterocycles. The lowest BCUT2D eigenvalue weighted by atomic mass is 10.1. The van der Waals surface area contributed by atoms with Gasteiger partial charge in [-0.05, 0) is 43.2 Å². The first kappa shape index (κ1) is 17.8. The van der Waals surface area contributed by atoms with Crippen LogP contribution in [-0.4, -0.2) is 41.8 Å². The molecule has 1 atom stereocenters. The Morgan fingerprint density at radius 3 is 2.77 bits per heavy atom. The van der Waals surface area contributed by atoms with E-state index in [0.29, 0.717) is 19.4 Å². The number of carbonyl (C=O) groups is 3. The summed E-state index contributed by atoms with van der Waals surface area (Å²) in [4.78, 5) is 37.9. The zero-order valence-electron chi connectivity index (χ0n) is 13.6. The molecule has 0 bridgehead atoms. The highest BCUT2D eigenvalue weighted by Gasteiger charge is 2.36. The molecule has 2 heterocycles. The first-order valence-electron chi connectivity index (χ1n) is 7.96. The molecule has 1 fully saturated rings. The van der Waals surface area contributed by atoms with Crippen LogP contribution >= 0.6 is 0 Å². The number of hydrogen-bond acceptors (Lipinski definition) is 5. The highest BCUT2D eigenvalue weighted by Crippen LogP contribution is 2.21. The lowest BCUT2D eigenvalue weighted by molar-refractivity contribution is -0.147. The van der Waals surface area contributed by atoms with Crippen LogP contribution in [0.5, 0.6) is 0 Å². The molecule has 1 aromatic heterocycles. The Bertz CT molecular complexity index is 834. The molecular formula is C18H15F2NO5. The van der Waals surface area contributed by atoms with E-state index >= 15 is 0 Å². The summed E-state index contributed by atoms with van der Waals surface area (Å²) in [5.74, 6) is -3.65. The van der Waals surface area contributed by atoms with Crippen LogP contribution < -0.4 is 0 Å². The van der Waals surface area contributed by atoms with Crippen molar-refractivity contribution in [3.8, 4) is 0 Å². The van der Waals surface area contributed by atoms with Gasteiger partial charge in [-0.2, -0.15) is 0 Å². The number of halogens is 2. The standard InChI is InChI=1S/C18H15F2NO5/c19-11-5-6-13(20)12(9-11)15(22)10-26-18(24)14-3-1-7-21(14)17(23)16-4-2-8-25-16/h2,4-6,8-9,14H,1,3,7,10H2/t14-/m0/s1. The van der Waals surface area contributed by atoms with Gasteiger partial charge < -0.3 is 14.1 Å². The summed E-state index contributed by atoms with van der Waals surface area (Å²) in [6.07, 6.45) is 2.33. The fourth-order valence-corrected chi connectivity index (χ4v) is 2.82. The molecule has 26 heavy (non-hydrogen) atoms. The van der Waals surface area contributed by atoms with E-state index < -0.39 is 47.5 Å². The quantitative estimate of drug-likeness (QED) is 0.603. The summed E-state index contributed by atoms with van der Waals surface area (Å²) in [6, 6.07) is 4.65. The summed E-state index contributed by atoms with van der Waals surface area (Å²) in [5, 5.41) is 0. The molecule has 0 spiro atoms. The van der Waals surface area contributed by atoms with Crippen LogP contribution in [0.15, 0.2) is 41.0 Å². The molecule has 0 radical (unpaired) electrons.